The van der Waals surface area contributed by atoms with Crippen molar-refractivity contribution in [2.75, 3.05) is 19.6 Å². The van der Waals surface area contributed by atoms with Crippen molar-refractivity contribution in [1.82, 2.24) is 20.4 Å². The highest BCUT2D eigenvalue weighted by atomic mass is 79.9. The molecule has 102 valence electrons. The lowest BCUT2D eigenvalue weighted by atomic mass is 10.1. The van der Waals surface area contributed by atoms with E-state index in [-0.39, 0.29) is 36.9 Å². The summed E-state index contributed by atoms with van der Waals surface area (Å²) in [4.78, 5) is 11.6. The zero-order chi connectivity index (χ0) is 12.3. The summed E-state index contributed by atoms with van der Waals surface area (Å²) in [5.74, 6) is 0.00278. The van der Waals surface area contributed by atoms with Gasteiger partial charge in [-0.1, -0.05) is 0 Å². The van der Waals surface area contributed by atoms with Gasteiger partial charge in [-0.3, -0.25) is 9.48 Å². The molecule has 2 atom stereocenters. The Morgan fingerprint density at radius 1 is 1.67 bits per heavy atom. The SMILES string of the molecule is Cl.O=C(Cn1cc(Br)cn1)NCC1CNCC1O. The van der Waals surface area contributed by atoms with E-state index < -0.39 is 0 Å². The van der Waals surface area contributed by atoms with E-state index in [0.29, 0.717) is 13.1 Å². The zero-order valence-corrected chi connectivity index (χ0v) is 12.1. The van der Waals surface area contributed by atoms with Crippen molar-refractivity contribution in [2.24, 2.45) is 5.92 Å². The van der Waals surface area contributed by atoms with Crippen LogP contribution in [0.4, 0.5) is 0 Å². The van der Waals surface area contributed by atoms with E-state index in [0.717, 1.165) is 11.0 Å². The molecular weight excluding hydrogens is 323 g/mol. The Bertz CT molecular complexity index is 401. The summed E-state index contributed by atoms with van der Waals surface area (Å²) in [7, 11) is 0. The highest BCUT2D eigenvalue weighted by molar-refractivity contribution is 9.10. The molecule has 1 amide bonds. The molecule has 2 unspecified atom stereocenters. The van der Waals surface area contributed by atoms with Gasteiger partial charge in [0.05, 0.1) is 16.8 Å². The summed E-state index contributed by atoms with van der Waals surface area (Å²) >= 11 is 3.27. The number of aromatic nitrogens is 2. The largest absolute Gasteiger partial charge is 0.391 e. The third kappa shape index (κ3) is 4.24. The molecular formula is C10H16BrClN4O2. The maximum Gasteiger partial charge on any atom is 0.241 e. The predicted octanol–water partition coefficient (Wildman–Crippen LogP) is -0.236. The Hall–Kier alpha value is -0.630. The van der Waals surface area contributed by atoms with Crippen LogP contribution in [0, 0.1) is 5.92 Å². The number of rotatable bonds is 4. The van der Waals surface area contributed by atoms with Crippen molar-refractivity contribution < 1.29 is 9.90 Å². The van der Waals surface area contributed by atoms with Crippen molar-refractivity contribution in [3.05, 3.63) is 16.9 Å². The van der Waals surface area contributed by atoms with Gasteiger partial charge in [-0.05, 0) is 15.9 Å². The van der Waals surface area contributed by atoms with Crippen LogP contribution in [0.3, 0.4) is 0 Å². The normalized spacial score (nSPS) is 22.6. The lowest BCUT2D eigenvalue weighted by molar-refractivity contribution is -0.122. The molecule has 0 saturated carbocycles. The van der Waals surface area contributed by atoms with Crippen LogP contribution >= 0.6 is 28.3 Å². The minimum absolute atomic E-state index is 0. The van der Waals surface area contributed by atoms with E-state index >= 15 is 0 Å². The second-order valence-electron chi connectivity index (χ2n) is 4.15. The number of carbonyl (C=O) groups excluding carboxylic acids is 1. The van der Waals surface area contributed by atoms with Crippen LogP contribution in [0.1, 0.15) is 0 Å². The van der Waals surface area contributed by atoms with E-state index in [9.17, 15) is 9.90 Å². The van der Waals surface area contributed by atoms with Crippen LogP contribution in [0.2, 0.25) is 0 Å². The summed E-state index contributed by atoms with van der Waals surface area (Å²) in [6, 6.07) is 0. The van der Waals surface area contributed by atoms with E-state index in [4.69, 9.17) is 0 Å². The summed E-state index contributed by atoms with van der Waals surface area (Å²) < 4.78 is 2.41. The predicted molar refractivity (Wildman–Crippen MR) is 72.6 cm³/mol. The summed E-state index contributed by atoms with van der Waals surface area (Å²) in [5.41, 5.74) is 0. The van der Waals surface area contributed by atoms with Crippen molar-refractivity contribution in [3.63, 3.8) is 0 Å². The van der Waals surface area contributed by atoms with Gasteiger partial charge in [0.15, 0.2) is 0 Å². The molecule has 0 radical (unpaired) electrons. The molecule has 3 N–H and O–H groups in total. The second-order valence-corrected chi connectivity index (χ2v) is 5.06. The average molecular weight is 340 g/mol. The molecule has 6 nitrogen and oxygen atoms in total. The number of amides is 1. The molecule has 0 bridgehead atoms. The van der Waals surface area contributed by atoms with Crippen LogP contribution < -0.4 is 10.6 Å². The molecule has 0 aliphatic carbocycles. The number of hydrogen-bond donors (Lipinski definition) is 3. The number of nitrogens with one attached hydrogen (secondary N) is 2. The fourth-order valence-corrected chi connectivity index (χ4v) is 2.13. The maximum absolute atomic E-state index is 11.6. The molecule has 8 heteroatoms. The Labute approximate surface area is 120 Å². The molecule has 1 aromatic heterocycles. The summed E-state index contributed by atoms with van der Waals surface area (Å²) in [6.45, 7) is 2.04. The van der Waals surface area contributed by atoms with Gasteiger partial charge < -0.3 is 15.7 Å². The topological polar surface area (TPSA) is 79.2 Å². The first-order chi connectivity index (χ1) is 8.15. The van der Waals surface area contributed by atoms with Gasteiger partial charge in [-0.2, -0.15) is 5.10 Å². The molecule has 1 aliphatic rings. The first-order valence-corrected chi connectivity index (χ1v) is 6.28. The highest BCUT2D eigenvalue weighted by Gasteiger charge is 2.24. The monoisotopic (exact) mass is 338 g/mol. The van der Waals surface area contributed by atoms with E-state index in [1.165, 1.54) is 0 Å². The third-order valence-electron chi connectivity index (χ3n) is 2.77. The van der Waals surface area contributed by atoms with E-state index in [1.807, 2.05) is 0 Å². The van der Waals surface area contributed by atoms with Crippen molar-refractivity contribution >= 4 is 34.2 Å². The minimum atomic E-state index is -0.367. The minimum Gasteiger partial charge on any atom is -0.391 e. The molecule has 1 aliphatic heterocycles. The Balaban J connectivity index is 0.00000162. The Kier molecular flexibility index (Phi) is 6.07. The summed E-state index contributed by atoms with van der Waals surface area (Å²) in [5, 5.41) is 19.4. The van der Waals surface area contributed by atoms with Gasteiger partial charge >= 0.3 is 0 Å². The highest BCUT2D eigenvalue weighted by Crippen LogP contribution is 2.07. The molecule has 2 heterocycles. The van der Waals surface area contributed by atoms with Gasteiger partial charge in [0.1, 0.15) is 6.54 Å². The number of carbonyl (C=O) groups is 1. The van der Waals surface area contributed by atoms with Crippen LogP contribution in [-0.4, -0.2) is 46.5 Å². The molecule has 1 saturated heterocycles. The smallest absolute Gasteiger partial charge is 0.241 e. The van der Waals surface area contributed by atoms with Gasteiger partial charge in [-0.15, -0.1) is 12.4 Å². The number of aliphatic hydroxyl groups is 1. The number of β-amino-alcohol motifs (C(OH)–C–C–N with tert-alkyl or cyclic N) is 1. The lowest BCUT2D eigenvalue weighted by Crippen LogP contribution is -2.36. The van der Waals surface area contributed by atoms with Gasteiger partial charge in [0, 0.05) is 31.7 Å². The Morgan fingerprint density at radius 2 is 2.44 bits per heavy atom. The molecule has 1 aromatic rings. The quantitative estimate of drug-likeness (QED) is 0.708. The Morgan fingerprint density at radius 3 is 3.00 bits per heavy atom. The summed E-state index contributed by atoms with van der Waals surface area (Å²) in [6.07, 6.45) is 3.01. The van der Waals surface area contributed by atoms with Gasteiger partial charge in [-0.25, -0.2) is 0 Å². The zero-order valence-electron chi connectivity index (χ0n) is 9.67. The molecule has 0 spiro atoms. The average Bonchev–Trinajstić information content (AvgIpc) is 2.85. The molecule has 2 rings (SSSR count). The van der Waals surface area contributed by atoms with Crippen LogP contribution in [-0.2, 0) is 11.3 Å². The fourth-order valence-electron chi connectivity index (χ4n) is 1.80. The number of aliphatic hydroxyl groups excluding tert-OH is 1. The van der Waals surface area contributed by atoms with Gasteiger partial charge in [0.25, 0.3) is 0 Å². The second kappa shape index (κ2) is 7.08. The number of halogens is 2. The van der Waals surface area contributed by atoms with Crippen molar-refractivity contribution in [3.8, 4) is 0 Å². The first-order valence-electron chi connectivity index (χ1n) is 5.48. The molecule has 1 fully saturated rings. The first kappa shape index (κ1) is 15.4. The lowest BCUT2D eigenvalue weighted by Gasteiger charge is -2.13. The van der Waals surface area contributed by atoms with Crippen LogP contribution in [0.15, 0.2) is 16.9 Å². The van der Waals surface area contributed by atoms with Crippen molar-refractivity contribution in [1.29, 1.82) is 0 Å². The maximum atomic E-state index is 11.6. The number of nitrogens with zero attached hydrogens (tertiary/aromatic N) is 2. The molecule has 18 heavy (non-hydrogen) atoms. The van der Waals surface area contributed by atoms with Crippen molar-refractivity contribution in [2.45, 2.75) is 12.6 Å². The van der Waals surface area contributed by atoms with Gasteiger partial charge in [0.2, 0.25) is 5.91 Å². The van der Waals surface area contributed by atoms with Crippen LogP contribution in [0.5, 0.6) is 0 Å². The standard InChI is InChI=1S/C10H15BrN4O2.ClH/c11-8-3-14-15(5-8)6-10(17)13-2-7-1-12-4-9(7)16;/h3,5,7,9,12,16H,1-2,4,6H2,(H,13,17);1H. The third-order valence-corrected chi connectivity index (χ3v) is 3.18. The van der Waals surface area contributed by atoms with E-state index in [2.05, 4.69) is 31.7 Å². The molecule has 0 aromatic carbocycles. The van der Waals surface area contributed by atoms with Crippen LogP contribution in [0.25, 0.3) is 0 Å². The van der Waals surface area contributed by atoms with E-state index in [1.54, 1.807) is 17.1 Å². The fraction of sp³-hybridized carbons (Fsp3) is 0.600. The number of hydrogen-bond acceptors (Lipinski definition) is 4.